The molecular weight excluding hydrogens is 298 g/mol. The second kappa shape index (κ2) is 6.82. The van der Waals surface area contributed by atoms with Crippen molar-refractivity contribution in [3.05, 3.63) is 23.0 Å². The van der Waals surface area contributed by atoms with Crippen LogP contribution in [0.1, 0.15) is 23.8 Å². The Labute approximate surface area is 126 Å². The minimum Gasteiger partial charge on any atom is -0.481 e. The molecule has 2 rings (SSSR count). The van der Waals surface area contributed by atoms with Gasteiger partial charge in [0.25, 0.3) is 5.91 Å². The number of hydrogen-bond donors (Lipinski definition) is 1. The summed E-state index contributed by atoms with van der Waals surface area (Å²) in [5.41, 5.74) is 0.142. The number of carbonyl (C=O) groups is 2. The van der Waals surface area contributed by atoms with E-state index in [1.165, 1.54) is 17.0 Å². The first-order valence-electron chi connectivity index (χ1n) is 6.65. The van der Waals surface area contributed by atoms with Crippen molar-refractivity contribution in [2.45, 2.75) is 19.4 Å². The van der Waals surface area contributed by atoms with Crippen LogP contribution in [0.2, 0.25) is 5.15 Å². The number of halogens is 1. The van der Waals surface area contributed by atoms with E-state index >= 15 is 0 Å². The Morgan fingerprint density at radius 3 is 2.76 bits per heavy atom. The van der Waals surface area contributed by atoms with E-state index in [1.807, 2.05) is 6.92 Å². The van der Waals surface area contributed by atoms with E-state index in [2.05, 4.69) is 10.2 Å². The zero-order chi connectivity index (χ0) is 15.4. The van der Waals surface area contributed by atoms with Crippen LogP contribution in [-0.2, 0) is 9.53 Å². The Hall–Kier alpha value is -1.73. The van der Waals surface area contributed by atoms with Crippen molar-refractivity contribution in [3.63, 3.8) is 0 Å². The van der Waals surface area contributed by atoms with Gasteiger partial charge in [0.15, 0.2) is 10.8 Å². The summed E-state index contributed by atoms with van der Waals surface area (Å²) in [6, 6.07) is 2.46. The van der Waals surface area contributed by atoms with E-state index in [-0.39, 0.29) is 30.0 Å². The lowest BCUT2D eigenvalue weighted by Crippen LogP contribution is -2.47. The van der Waals surface area contributed by atoms with Gasteiger partial charge in [-0.2, -0.15) is 0 Å². The van der Waals surface area contributed by atoms with Crippen LogP contribution in [0.4, 0.5) is 0 Å². The number of rotatable bonds is 5. The summed E-state index contributed by atoms with van der Waals surface area (Å²) in [7, 11) is 0. The Morgan fingerprint density at radius 2 is 2.19 bits per heavy atom. The quantitative estimate of drug-likeness (QED) is 0.874. The van der Waals surface area contributed by atoms with Gasteiger partial charge in [-0.3, -0.25) is 9.59 Å². The fraction of sp³-hybridized carbons (Fsp3) is 0.538. The average molecular weight is 314 g/mol. The Kier molecular flexibility index (Phi) is 5.08. The molecule has 1 aliphatic rings. The molecule has 1 amide bonds. The standard InChI is InChI=1S/C13H16ClN3O4/c1-2-5-17(10-7-21-6-8(10)13(19)20)12(18)9-3-4-11(14)16-15-9/h3-4,8,10H,2,5-7H2,1H3,(H,19,20). The molecule has 2 heterocycles. The molecule has 2 unspecified atom stereocenters. The van der Waals surface area contributed by atoms with Crippen LogP contribution in [0.5, 0.6) is 0 Å². The van der Waals surface area contributed by atoms with Gasteiger partial charge in [-0.1, -0.05) is 18.5 Å². The van der Waals surface area contributed by atoms with Crippen LogP contribution in [0, 0.1) is 5.92 Å². The lowest BCUT2D eigenvalue weighted by atomic mass is 10.0. The number of amides is 1. The van der Waals surface area contributed by atoms with Gasteiger partial charge in [0.1, 0.15) is 5.92 Å². The first kappa shape index (κ1) is 15.7. The number of aliphatic carboxylic acids is 1. The number of carboxylic acids is 1. The molecule has 1 fully saturated rings. The highest BCUT2D eigenvalue weighted by Crippen LogP contribution is 2.22. The highest BCUT2D eigenvalue weighted by atomic mass is 35.5. The third kappa shape index (κ3) is 3.48. The van der Waals surface area contributed by atoms with Crippen molar-refractivity contribution in [2.24, 2.45) is 5.92 Å². The molecule has 1 aliphatic heterocycles. The van der Waals surface area contributed by atoms with Crippen LogP contribution in [-0.4, -0.2) is 57.9 Å². The van der Waals surface area contributed by atoms with Crippen molar-refractivity contribution in [1.82, 2.24) is 15.1 Å². The van der Waals surface area contributed by atoms with Crippen molar-refractivity contribution in [1.29, 1.82) is 0 Å². The van der Waals surface area contributed by atoms with Gasteiger partial charge >= 0.3 is 5.97 Å². The van der Waals surface area contributed by atoms with Crippen LogP contribution in [0.25, 0.3) is 0 Å². The summed E-state index contributed by atoms with van der Waals surface area (Å²) in [6.45, 7) is 2.67. The molecule has 21 heavy (non-hydrogen) atoms. The van der Waals surface area contributed by atoms with Crippen molar-refractivity contribution in [2.75, 3.05) is 19.8 Å². The minimum absolute atomic E-state index is 0.111. The summed E-state index contributed by atoms with van der Waals surface area (Å²) in [6.07, 6.45) is 0.704. The maximum Gasteiger partial charge on any atom is 0.311 e. The van der Waals surface area contributed by atoms with Gasteiger partial charge in [-0.15, -0.1) is 10.2 Å². The van der Waals surface area contributed by atoms with Crippen LogP contribution in [0.3, 0.4) is 0 Å². The summed E-state index contributed by atoms with van der Waals surface area (Å²) < 4.78 is 5.23. The molecule has 0 bridgehead atoms. The van der Waals surface area contributed by atoms with Crippen molar-refractivity contribution in [3.8, 4) is 0 Å². The maximum absolute atomic E-state index is 12.5. The Balaban J connectivity index is 2.23. The van der Waals surface area contributed by atoms with Gasteiger partial charge in [-0.25, -0.2) is 0 Å². The normalized spacial score (nSPS) is 21.2. The molecule has 0 saturated carbocycles. The fourth-order valence-electron chi connectivity index (χ4n) is 2.32. The van der Waals surface area contributed by atoms with E-state index in [4.69, 9.17) is 16.3 Å². The first-order valence-corrected chi connectivity index (χ1v) is 7.03. The van der Waals surface area contributed by atoms with E-state index in [0.717, 1.165) is 0 Å². The van der Waals surface area contributed by atoms with Crippen LogP contribution >= 0.6 is 11.6 Å². The predicted octanol–water partition coefficient (Wildman–Crippen LogP) is 1.08. The highest BCUT2D eigenvalue weighted by Gasteiger charge is 2.40. The number of aromatic nitrogens is 2. The van der Waals surface area contributed by atoms with Gasteiger partial charge in [-0.05, 0) is 18.6 Å². The average Bonchev–Trinajstić information content (AvgIpc) is 2.94. The zero-order valence-corrected chi connectivity index (χ0v) is 12.3. The van der Waals surface area contributed by atoms with Crippen molar-refractivity contribution >= 4 is 23.5 Å². The number of ether oxygens (including phenoxy) is 1. The van der Waals surface area contributed by atoms with Gasteiger partial charge in [0.05, 0.1) is 19.3 Å². The van der Waals surface area contributed by atoms with Crippen LogP contribution < -0.4 is 0 Å². The van der Waals surface area contributed by atoms with E-state index in [1.54, 1.807) is 0 Å². The lowest BCUT2D eigenvalue weighted by Gasteiger charge is -2.29. The number of nitrogens with zero attached hydrogens (tertiary/aromatic N) is 3. The molecule has 8 heteroatoms. The largest absolute Gasteiger partial charge is 0.481 e. The Bertz CT molecular complexity index is 523. The molecular formula is C13H16ClN3O4. The second-order valence-corrected chi connectivity index (χ2v) is 5.18. The summed E-state index contributed by atoms with van der Waals surface area (Å²) in [5.74, 6) is -2.04. The van der Waals surface area contributed by atoms with E-state index in [9.17, 15) is 14.7 Å². The predicted molar refractivity (Wildman–Crippen MR) is 74.1 cm³/mol. The molecule has 1 N–H and O–H groups in total. The van der Waals surface area contributed by atoms with Crippen molar-refractivity contribution < 1.29 is 19.4 Å². The zero-order valence-electron chi connectivity index (χ0n) is 11.5. The third-order valence-corrected chi connectivity index (χ3v) is 3.55. The summed E-state index contributed by atoms with van der Waals surface area (Å²) in [5, 5.41) is 16.8. The topological polar surface area (TPSA) is 92.6 Å². The maximum atomic E-state index is 12.5. The molecule has 0 radical (unpaired) electrons. The second-order valence-electron chi connectivity index (χ2n) is 4.79. The number of carboxylic acid groups (broad SMARTS) is 1. The molecule has 0 aromatic carbocycles. The van der Waals surface area contributed by atoms with Crippen LogP contribution in [0.15, 0.2) is 12.1 Å². The third-order valence-electron chi connectivity index (χ3n) is 3.34. The van der Waals surface area contributed by atoms with Gasteiger partial charge in [0.2, 0.25) is 0 Å². The van der Waals surface area contributed by atoms with Gasteiger partial charge < -0.3 is 14.7 Å². The molecule has 0 aliphatic carbocycles. The molecule has 0 spiro atoms. The molecule has 2 atom stereocenters. The monoisotopic (exact) mass is 313 g/mol. The highest BCUT2D eigenvalue weighted by molar-refractivity contribution is 6.29. The molecule has 1 aromatic rings. The number of hydrogen-bond acceptors (Lipinski definition) is 5. The summed E-state index contributed by atoms with van der Waals surface area (Å²) >= 11 is 5.65. The number of carbonyl (C=O) groups excluding carboxylic acids is 1. The summed E-state index contributed by atoms with van der Waals surface area (Å²) in [4.78, 5) is 25.3. The molecule has 114 valence electrons. The molecule has 1 aromatic heterocycles. The smallest absolute Gasteiger partial charge is 0.311 e. The molecule has 7 nitrogen and oxygen atoms in total. The van der Waals surface area contributed by atoms with E-state index in [0.29, 0.717) is 13.0 Å². The Morgan fingerprint density at radius 1 is 1.43 bits per heavy atom. The first-order chi connectivity index (χ1) is 10.0. The minimum atomic E-state index is -0.964. The lowest BCUT2D eigenvalue weighted by molar-refractivity contribution is -0.142. The fourth-order valence-corrected chi connectivity index (χ4v) is 2.42. The molecule has 1 saturated heterocycles. The van der Waals surface area contributed by atoms with Gasteiger partial charge in [0, 0.05) is 6.54 Å². The SMILES string of the molecule is CCCN(C(=O)c1ccc(Cl)nn1)C1COCC1C(=O)O. The van der Waals surface area contributed by atoms with E-state index < -0.39 is 17.9 Å².